The van der Waals surface area contributed by atoms with E-state index in [9.17, 15) is 14.4 Å². The van der Waals surface area contributed by atoms with E-state index < -0.39 is 11.9 Å². The first-order valence-corrected chi connectivity index (χ1v) is 11.8. The summed E-state index contributed by atoms with van der Waals surface area (Å²) < 4.78 is 0.699. The van der Waals surface area contributed by atoms with Gasteiger partial charge in [0, 0.05) is 10.0 Å². The maximum absolute atomic E-state index is 11.0. The zero-order chi connectivity index (χ0) is 25.0. The SMILES string of the molecule is Cc1csc(C(=O)O)c1Br.Cc1csc(C(=O)O)c1CC#N.N#CCC(=O)c1ccccc1. The van der Waals surface area contributed by atoms with Crippen LogP contribution in [0.3, 0.4) is 0 Å². The number of aromatic carboxylic acids is 2. The van der Waals surface area contributed by atoms with Crippen molar-refractivity contribution in [3.8, 4) is 12.1 Å². The van der Waals surface area contributed by atoms with Gasteiger partial charge in [0.2, 0.25) is 0 Å². The molecule has 0 saturated heterocycles. The smallest absolute Gasteiger partial charge is 0.347 e. The molecule has 0 radical (unpaired) electrons. The Labute approximate surface area is 207 Å². The van der Waals surface area contributed by atoms with Crippen molar-refractivity contribution >= 4 is 56.3 Å². The summed E-state index contributed by atoms with van der Waals surface area (Å²) >= 11 is 5.59. The van der Waals surface area contributed by atoms with Crippen molar-refractivity contribution in [1.29, 1.82) is 10.5 Å². The van der Waals surface area contributed by atoms with Crippen LogP contribution >= 0.6 is 38.6 Å². The summed E-state index contributed by atoms with van der Waals surface area (Å²) in [7, 11) is 0. The molecule has 1 aromatic carbocycles. The highest BCUT2D eigenvalue weighted by Crippen LogP contribution is 2.27. The fourth-order valence-electron chi connectivity index (χ4n) is 2.32. The van der Waals surface area contributed by atoms with Crippen molar-refractivity contribution in [2.45, 2.75) is 26.7 Å². The first-order chi connectivity index (χ1) is 15.6. The molecule has 2 N–H and O–H groups in total. The number of thiophene rings is 2. The standard InChI is InChI=1S/C9H7NO.C8H7NO2S.C6H5BrO2S/c10-7-6-9(11)8-4-2-1-3-5-8;1-5-4-12-7(8(10)11)6(5)2-3-9;1-3-2-10-5(4(3)7)6(8)9/h1-5H,6H2;4H,2H2,1H3,(H,10,11);2H,1H3,(H,8,9). The van der Waals surface area contributed by atoms with Gasteiger partial charge >= 0.3 is 11.9 Å². The zero-order valence-corrected chi connectivity index (χ0v) is 20.9. The summed E-state index contributed by atoms with van der Waals surface area (Å²) in [5.41, 5.74) is 3.12. The van der Waals surface area contributed by atoms with Crippen LogP contribution in [0.4, 0.5) is 0 Å². The molecule has 33 heavy (non-hydrogen) atoms. The average Bonchev–Trinajstić information content (AvgIpc) is 3.32. The van der Waals surface area contributed by atoms with Crippen LogP contribution in [0.15, 0.2) is 45.6 Å². The molecule has 0 aliphatic carbocycles. The molecular formula is C23H19BrN2O5S2. The van der Waals surface area contributed by atoms with Crippen LogP contribution in [0.25, 0.3) is 0 Å². The molecule has 0 aliphatic heterocycles. The van der Waals surface area contributed by atoms with Gasteiger partial charge in [-0.1, -0.05) is 30.3 Å². The third kappa shape index (κ3) is 8.62. The number of halogens is 1. The highest BCUT2D eigenvalue weighted by Gasteiger charge is 2.14. The van der Waals surface area contributed by atoms with Gasteiger partial charge in [0.05, 0.1) is 25.0 Å². The van der Waals surface area contributed by atoms with Crippen LogP contribution in [-0.2, 0) is 6.42 Å². The maximum atomic E-state index is 11.0. The summed E-state index contributed by atoms with van der Waals surface area (Å²) in [6.45, 7) is 3.68. The molecule has 2 aromatic heterocycles. The second-order valence-corrected chi connectivity index (χ2v) is 8.91. The number of ketones is 1. The van der Waals surface area contributed by atoms with Gasteiger partial charge in [0.15, 0.2) is 5.78 Å². The fraction of sp³-hybridized carbons (Fsp3) is 0.174. The van der Waals surface area contributed by atoms with Crippen molar-refractivity contribution < 1.29 is 24.6 Å². The molecular weight excluding hydrogens is 528 g/mol. The molecule has 0 amide bonds. The van der Waals surface area contributed by atoms with Gasteiger partial charge < -0.3 is 10.2 Å². The average molecular weight is 547 g/mol. The molecule has 3 rings (SSSR count). The number of carboxylic acids is 2. The lowest BCUT2D eigenvalue weighted by molar-refractivity contribution is 0.0690. The second-order valence-electron chi connectivity index (χ2n) is 6.36. The van der Waals surface area contributed by atoms with E-state index >= 15 is 0 Å². The van der Waals surface area contributed by atoms with E-state index in [1.54, 1.807) is 29.6 Å². The Kier molecular flexibility index (Phi) is 11.7. The monoisotopic (exact) mass is 546 g/mol. The van der Waals surface area contributed by atoms with E-state index in [-0.39, 0.29) is 23.5 Å². The molecule has 7 nitrogen and oxygen atoms in total. The minimum absolute atomic E-state index is 0.0377. The summed E-state index contributed by atoms with van der Waals surface area (Å²) in [4.78, 5) is 32.7. The van der Waals surface area contributed by atoms with Crippen molar-refractivity contribution in [2.75, 3.05) is 0 Å². The molecule has 0 bridgehead atoms. The van der Waals surface area contributed by atoms with Crippen molar-refractivity contribution in [3.63, 3.8) is 0 Å². The van der Waals surface area contributed by atoms with Crippen LogP contribution in [-0.4, -0.2) is 27.9 Å². The van der Waals surface area contributed by atoms with E-state index in [2.05, 4.69) is 15.9 Å². The van der Waals surface area contributed by atoms with Gasteiger partial charge in [0.1, 0.15) is 9.75 Å². The molecule has 2 heterocycles. The number of hydrogen-bond acceptors (Lipinski definition) is 7. The Morgan fingerprint density at radius 1 is 0.909 bits per heavy atom. The molecule has 0 spiro atoms. The number of rotatable bonds is 5. The van der Waals surface area contributed by atoms with E-state index in [0.717, 1.165) is 11.1 Å². The van der Waals surface area contributed by atoms with Crippen LogP contribution < -0.4 is 0 Å². The number of carbonyl (C=O) groups is 3. The fourth-order valence-corrected chi connectivity index (χ4v) is 4.73. The lowest BCUT2D eigenvalue weighted by Gasteiger charge is -1.94. The number of carboxylic acid groups (broad SMARTS) is 2. The van der Waals surface area contributed by atoms with Gasteiger partial charge in [-0.3, -0.25) is 4.79 Å². The summed E-state index contributed by atoms with van der Waals surface area (Å²) in [6.07, 6.45) is 0.140. The van der Waals surface area contributed by atoms with Gasteiger partial charge in [-0.2, -0.15) is 10.5 Å². The number of carbonyl (C=O) groups excluding carboxylic acids is 1. The topological polar surface area (TPSA) is 139 Å². The zero-order valence-electron chi connectivity index (χ0n) is 17.7. The molecule has 0 saturated carbocycles. The van der Waals surface area contributed by atoms with Crippen LogP contribution in [0.5, 0.6) is 0 Å². The van der Waals surface area contributed by atoms with E-state index in [1.807, 2.05) is 37.4 Å². The Hall–Kier alpha value is -3.31. The summed E-state index contributed by atoms with van der Waals surface area (Å²) in [5.74, 6) is -1.93. The second kappa shape index (κ2) is 14.0. The number of aryl methyl sites for hydroxylation is 2. The molecule has 0 atom stereocenters. The van der Waals surface area contributed by atoms with Crippen LogP contribution in [0.2, 0.25) is 0 Å². The van der Waals surface area contributed by atoms with E-state index in [4.69, 9.17) is 20.7 Å². The highest BCUT2D eigenvalue weighted by atomic mass is 79.9. The minimum Gasteiger partial charge on any atom is -0.477 e. The molecule has 0 unspecified atom stereocenters. The number of benzene rings is 1. The molecule has 170 valence electrons. The number of nitrogens with zero attached hydrogens (tertiary/aromatic N) is 2. The predicted octanol–water partition coefficient (Wildman–Crippen LogP) is 6.12. The maximum Gasteiger partial charge on any atom is 0.347 e. The Morgan fingerprint density at radius 3 is 1.88 bits per heavy atom. The Morgan fingerprint density at radius 2 is 1.45 bits per heavy atom. The number of hydrogen-bond donors (Lipinski definition) is 2. The first-order valence-electron chi connectivity index (χ1n) is 9.23. The highest BCUT2D eigenvalue weighted by molar-refractivity contribution is 9.10. The van der Waals surface area contributed by atoms with Gasteiger partial charge in [-0.05, 0) is 57.2 Å². The van der Waals surface area contributed by atoms with Crippen molar-refractivity contribution in [3.05, 3.63) is 77.6 Å². The van der Waals surface area contributed by atoms with E-state index in [1.165, 1.54) is 22.7 Å². The van der Waals surface area contributed by atoms with Gasteiger partial charge in [-0.25, -0.2) is 9.59 Å². The Bertz CT molecular complexity index is 1200. The van der Waals surface area contributed by atoms with E-state index in [0.29, 0.717) is 20.5 Å². The minimum atomic E-state index is -0.946. The molecule has 0 aliphatic rings. The van der Waals surface area contributed by atoms with Gasteiger partial charge in [-0.15, -0.1) is 22.7 Å². The molecule has 10 heteroatoms. The lowest BCUT2D eigenvalue weighted by Crippen LogP contribution is -1.97. The normalized spacial score (nSPS) is 9.24. The van der Waals surface area contributed by atoms with Crippen molar-refractivity contribution in [2.24, 2.45) is 0 Å². The number of Topliss-reactive ketones (excluding diaryl/α,β-unsaturated/α-hetero) is 1. The van der Waals surface area contributed by atoms with Gasteiger partial charge in [0.25, 0.3) is 0 Å². The predicted molar refractivity (Wildman–Crippen MR) is 130 cm³/mol. The molecule has 0 fully saturated rings. The summed E-state index contributed by atoms with van der Waals surface area (Å²) in [6, 6.07) is 12.6. The molecule has 3 aromatic rings. The lowest BCUT2D eigenvalue weighted by atomic mass is 10.1. The van der Waals surface area contributed by atoms with Crippen LogP contribution in [0, 0.1) is 36.5 Å². The third-order valence-electron chi connectivity index (χ3n) is 3.98. The third-order valence-corrected chi connectivity index (χ3v) is 7.48. The summed E-state index contributed by atoms with van der Waals surface area (Å²) in [5, 5.41) is 37.5. The van der Waals surface area contributed by atoms with Crippen molar-refractivity contribution in [1.82, 2.24) is 0 Å². The van der Waals surface area contributed by atoms with Crippen LogP contribution in [0.1, 0.15) is 52.8 Å². The Balaban J connectivity index is 0.000000249. The quantitative estimate of drug-likeness (QED) is 0.367. The largest absolute Gasteiger partial charge is 0.477 e. The first kappa shape index (κ1) is 27.7. The number of nitriles is 2.